The lowest BCUT2D eigenvalue weighted by molar-refractivity contribution is 0.0950. The van der Waals surface area contributed by atoms with E-state index in [1.807, 2.05) is 36.8 Å². The standard InChI is InChI=1S/C17H18N8O4S.C17H18N8O3S.C17H18N8O2S.C12H12ClN5OS.C5H7N3O/c1-18-17(26)15-10(20-16-11(30(3,27)28)5-4-8-19-16)9-13(23-25-15)21-12-6-7-14(29-2)24-22-12;1-18-17(26)15-10(20-16-11(29(3)27)5-4-8-19-16)9-13(23-25-15)21-12-6-7-14(28-2)24-22-12;1-18-17(26)15-10(20-16-11(28-3)5-4-8-19-16)9-13(23-25-15)21-12-6-7-14(27-2)24-22-12;1-14-12(19)10-7(6-9(13)17-18-10)16-11-8(20-2)4-3-5-15-11;1-9-5-3-2-4(6)7-8-5/h4-9H,1-3H3,(H,18,26)(H2,19,20,21,22,23);4-9H,1-3H3,(H,18,26)(H2,19,20,21,22,23);4-9H,1-3H3,(H,18,26)(H2,19,20,21,22,23);3-6H,1-2H3,(H,14,19)(H,15,16,17);2-3H,1H3,(H2,6,7). The van der Waals surface area contributed by atoms with Crippen LogP contribution in [0.3, 0.4) is 0 Å². The smallest absolute Gasteiger partial charge is 0.273 e. The van der Waals surface area contributed by atoms with Crippen molar-refractivity contribution in [3.05, 3.63) is 174 Å². The molecule has 0 saturated heterocycles. The Hall–Kier alpha value is -14.2. The lowest BCUT2D eigenvalue weighted by Crippen LogP contribution is -2.22. The minimum Gasteiger partial charge on any atom is -0.480 e. The van der Waals surface area contributed by atoms with Crippen LogP contribution in [0.5, 0.6) is 23.5 Å². The number of halogens is 1. The first-order chi connectivity index (χ1) is 55.9. The zero-order chi connectivity index (χ0) is 83.7. The number of aromatic nitrogens is 20. The van der Waals surface area contributed by atoms with Crippen LogP contribution in [0.1, 0.15) is 42.0 Å². The molecule has 12 aromatic heterocycles. The highest BCUT2D eigenvalue weighted by molar-refractivity contribution is 7.99. The molecule has 12 rings (SSSR count). The van der Waals surface area contributed by atoms with Gasteiger partial charge >= 0.3 is 0 Å². The fourth-order valence-corrected chi connectivity index (χ4v) is 11.5. The van der Waals surface area contributed by atoms with Crippen LogP contribution in [-0.4, -0.2) is 219 Å². The molecule has 12 heterocycles. The number of rotatable bonds is 26. The molecule has 43 nitrogen and oxygen atoms in total. The zero-order valence-corrected chi connectivity index (χ0v) is 67.4. The lowest BCUT2D eigenvalue weighted by Gasteiger charge is -2.13. The number of amides is 4. The van der Waals surface area contributed by atoms with E-state index in [9.17, 15) is 31.8 Å². The molecule has 0 aromatic carbocycles. The Morgan fingerprint density at radius 2 is 0.716 bits per heavy atom. The van der Waals surface area contributed by atoms with Crippen molar-refractivity contribution in [1.82, 2.24) is 123 Å². The largest absolute Gasteiger partial charge is 0.480 e. The number of nitrogen functional groups attached to an aromatic ring is 1. The van der Waals surface area contributed by atoms with Crippen molar-refractivity contribution in [3.8, 4) is 23.5 Å². The highest BCUT2D eigenvalue weighted by Crippen LogP contribution is 2.32. The Balaban J connectivity index is 0.000000188. The van der Waals surface area contributed by atoms with Crippen LogP contribution in [0, 0.1) is 0 Å². The van der Waals surface area contributed by atoms with Crippen molar-refractivity contribution in [2.24, 2.45) is 0 Å². The first-order valence-corrected chi connectivity index (χ1v) is 39.3. The number of carbonyl (C=O) groups excluding carboxylic acids is 4. The predicted octanol–water partition coefficient (Wildman–Crippen LogP) is 6.83. The quantitative estimate of drug-likeness (QED) is 0.0247. The van der Waals surface area contributed by atoms with E-state index in [4.69, 9.17) is 36.3 Å². The van der Waals surface area contributed by atoms with Crippen LogP contribution in [0.25, 0.3) is 0 Å². The zero-order valence-electron chi connectivity index (χ0n) is 63.4. The average molecular weight is 1680 g/mol. The number of hydrogen-bond donors (Lipinski definition) is 12. The Kier molecular flexibility index (Phi) is 32.8. The highest BCUT2D eigenvalue weighted by atomic mass is 35.5. The van der Waals surface area contributed by atoms with E-state index in [0.717, 1.165) is 16.0 Å². The Labute approximate surface area is 677 Å². The van der Waals surface area contributed by atoms with Gasteiger partial charge in [0.1, 0.15) is 34.0 Å². The summed E-state index contributed by atoms with van der Waals surface area (Å²) in [4.78, 5) is 67.5. The minimum atomic E-state index is -3.56. The van der Waals surface area contributed by atoms with Crippen LogP contribution in [0.4, 0.5) is 86.7 Å². The second-order valence-corrected chi connectivity index (χ2v) is 27.4. The lowest BCUT2D eigenvalue weighted by atomic mass is 10.3. The topological polar surface area (TPSA) is 573 Å². The van der Waals surface area contributed by atoms with E-state index >= 15 is 0 Å². The summed E-state index contributed by atoms with van der Waals surface area (Å²) in [6.07, 6.45) is 12.8. The van der Waals surface area contributed by atoms with Gasteiger partial charge in [-0.15, -0.1) is 105 Å². The molecule has 0 aliphatic heterocycles. The summed E-state index contributed by atoms with van der Waals surface area (Å²) in [5.74, 6) is 4.12. The first kappa shape index (κ1) is 87.4. The van der Waals surface area contributed by atoms with Crippen LogP contribution >= 0.6 is 35.1 Å². The molecule has 48 heteroatoms. The number of pyridine rings is 4. The number of nitrogens with two attached hydrogens (primary N) is 1. The Morgan fingerprint density at radius 3 is 1.05 bits per heavy atom. The maximum absolute atomic E-state index is 12.2. The van der Waals surface area contributed by atoms with E-state index in [-0.39, 0.29) is 62.0 Å². The first-order valence-electron chi connectivity index (χ1n) is 33.1. The van der Waals surface area contributed by atoms with Gasteiger partial charge in [-0.2, -0.15) is 0 Å². The van der Waals surface area contributed by atoms with Gasteiger partial charge < -0.3 is 83.2 Å². The second-order valence-electron chi connectivity index (χ2n) is 22.0. The maximum Gasteiger partial charge on any atom is 0.273 e. The molecule has 0 bridgehead atoms. The van der Waals surface area contributed by atoms with Crippen molar-refractivity contribution in [2.45, 2.75) is 19.6 Å². The molecule has 602 valence electrons. The number of anilines is 15. The summed E-state index contributed by atoms with van der Waals surface area (Å²) in [6, 6.07) is 33.2. The van der Waals surface area contributed by atoms with Gasteiger partial charge in [-0.05, 0) is 85.3 Å². The van der Waals surface area contributed by atoms with Gasteiger partial charge in [0.05, 0.1) is 66.9 Å². The normalized spacial score (nSPS) is 10.6. The molecular weight excluding hydrogens is 1600 g/mol. The molecule has 0 fully saturated rings. The second kappa shape index (κ2) is 43.6. The number of thioether (sulfide) groups is 2. The molecule has 0 spiro atoms. The predicted molar refractivity (Wildman–Crippen MR) is 434 cm³/mol. The molecule has 0 aliphatic carbocycles. The van der Waals surface area contributed by atoms with E-state index in [0.29, 0.717) is 97.8 Å². The summed E-state index contributed by atoms with van der Waals surface area (Å²) in [5, 5.41) is 93.3. The summed E-state index contributed by atoms with van der Waals surface area (Å²) >= 11 is 8.92. The van der Waals surface area contributed by atoms with Crippen LogP contribution in [-0.2, 0) is 20.6 Å². The molecule has 13 N–H and O–H groups in total. The van der Waals surface area contributed by atoms with Gasteiger partial charge in [0.15, 0.2) is 72.7 Å². The van der Waals surface area contributed by atoms with Crippen LogP contribution < -0.4 is 83.2 Å². The molecule has 0 aliphatic rings. The summed E-state index contributed by atoms with van der Waals surface area (Å²) in [7, 11) is 7.14. The third-order valence-electron chi connectivity index (χ3n) is 14.3. The summed E-state index contributed by atoms with van der Waals surface area (Å²) < 4.78 is 55.7. The molecule has 0 radical (unpaired) electrons. The summed E-state index contributed by atoms with van der Waals surface area (Å²) in [5.41, 5.74) is 6.99. The fraction of sp³-hybridized carbons (Fsp3) is 0.176. The van der Waals surface area contributed by atoms with Crippen molar-refractivity contribution in [1.29, 1.82) is 0 Å². The molecule has 0 saturated carbocycles. The Morgan fingerprint density at radius 1 is 0.397 bits per heavy atom. The number of hydrogen-bond acceptors (Lipinski definition) is 41. The molecule has 1 atom stereocenters. The van der Waals surface area contributed by atoms with E-state index < -0.39 is 32.5 Å². The van der Waals surface area contributed by atoms with Gasteiger partial charge in [-0.3, -0.25) is 23.4 Å². The molecule has 116 heavy (non-hydrogen) atoms. The van der Waals surface area contributed by atoms with Crippen molar-refractivity contribution in [2.75, 3.05) is 125 Å². The van der Waals surface area contributed by atoms with Gasteiger partial charge in [-0.25, -0.2) is 28.4 Å². The number of nitrogens with zero attached hydrogens (tertiary/aromatic N) is 20. The molecule has 4 amide bonds. The van der Waals surface area contributed by atoms with Gasteiger partial charge in [0.25, 0.3) is 23.6 Å². The van der Waals surface area contributed by atoms with Crippen molar-refractivity contribution in [3.63, 3.8) is 0 Å². The number of methoxy groups -OCH3 is 4. The number of carbonyl (C=O) groups is 4. The van der Waals surface area contributed by atoms with E-state index in [2.05, 4.69) is 160 Å². The highest BCUT2D eigenvalue weighted by Gasteiger charge is 2.23. The number of ether oxygens (including phenoxy) is 4. The van der Waals surface area contributed by atoms with Crippen molar-refractivity contribution >= 4 is 166 Å². The van der Waals surface area contributed by atoms with E-state index in [1.165, 1.54) is 98.9 Å². The van der Waals surface area contributed by atoms with Crippen molar-refractivity contribution < 1.29 is 50.8 Å². The minimum absolute atomic E-state index is 0.0276. The third kappa shape index (κ3) is 25.4. The third-order valence-corrected chi connectivity index (χ3v) is 18.1. The number of sulfone groups is 1. The Bertz CT molecular complexity index is 5480. The molecular formula is C68H73ClN32O11S4. The average Bonchev–Trinajstić information content (AvgIpc) is 0.818. The van der Waals surface area contributed by atoms with Crippen LogP contribution in [0.15, 0.2) is 166 Å². The molecule has 12 aromatic rings. The van der Waals surface area contributed by atoms with Crippen LogP contribution in [0.2, 0.25) is 5.15 Å². The van der Waals surface area contributed by atoms with Gasteiger partial charge in [0.2, 0.25) is 23.5 Å². The SMILES string of the molecule is CNC(=O)c1nnc(Cl)cc1Nc1ncccc1SC.CNC(=O)c1nnc(Nc2ccc(OC)nn2)cc1Nc1ncccc1S(C)(=O)=O.CNC(=O)c1nnc(Nc2ccc(OC)nn2)cc1Nc1ncccc1S(C)=O.CNC(=O)c1nnc(Nc2ccc(OC)nn2)cc1Nc1ncccc1SC.COc1ccc(N)nn1. The monoisotopic (exact) mass is 1680 g/mol. The summed E-state index contributed by atoms with van der Waals surface area (Å²) in [6.45, 7) is 0. The van der Waals surface area contributed by atoms with Gasteiger partial charge in [0, 0.05) is 124 Å². The maximum atomic E-state index is 12.2. The van der Waals surface area contributed by atoms with Gasteiger partial charge in [-0.1, -0.05) is 11.6 Å². The number of nitrogens with one attached hydrogen (secondary N) is 11. The fourth-order valence-electron chi connectivity index (χ4n) is 8.88. The van der Waals surface area contributed by atoms with E-state index in [1.54, 1.807) is 109 Å². The molecule has 1 unspecified atom stereocenters.